The van der Waals surface area contributed by atoms with Crippen LogP contribution in [0.5, 0.6) is 0 Å². The fraction of sp³-hybridized carbons (Fsp3) is 0.417. The van der Waals surface area contributed by atoms with E-state index in [1.54, 1.807) is 30.3 Å². The van der Waals surface area contributed by atoms with Crippen LogP contribution in [-0.2, 0) is 0 Å². The van der Waals surface area contributed by atoms with Gasteiger partial charge in [-0.25, -0.2) is 0 Å². The first kappa shape index (κ1) is 13.6. The van der Waals surface area contributed by atoms with E-state index in [4.69, 9.17) is 18.0 Å². The van der Waals surface area contributed by atoms with Gasteiger partial charge in [0.1, 0.15) is 0 Å². The Labute approximate surface area is 107 Å². The molecule has 2 N–H and O–H groups in total. The third-order valence-electron chi connectivity index (χ3n) is 2.62. The van der Waals surface area contributed by atoms with Crippen LogP contribution in [0.1, 0.15) is 29.4 Å². The molecule has 0 fully saturated rings. The number of carbonyl (C=O) groups is 1. The number of pyridine rings is 1. The Balaban J connectivity index is 2.79. The molecule has 17 heavy (non-hydrogen) atoms. The monoisotopic (exact) mass is 251 g/mol. The van der Waals surface area contributed by atoms with Crippen molar-refractivity contribution < 1.29 is 4.79 Å². The number of carbonyl (C=O) groups excluding carboxylic acids is 1. The molecular formula is C12H17N3OS. The summed E-state index contributed by atoms with van der Waals surface area (Å²) in [5.74, 6) is -0.0424. The first-order valence-corrected chi connectivity index (χ1v) is 5.80. The minimum atomic E-state index is -0.0424. The fourth-order valence-electron chi connectivity index (χ4n) is 1.51. The molecule has 1 amide bonds. The highest BCUT2D eigenvalue weighted by Gasteiger charge is 2.18. The van der Waals surface area contributed by atoms with Crippen LogP contribution in [0.25, 0.3) is 0 Å². The number of nitrogens with two attached hydrogens (primary N) is 1. The van der Waals surface area contributed by atoms with Gasteiger partial charge in [-0.3, -0.25) is 9.78 Å². The molecule has 0 radical (unpaired) electrons. The summed E-state index contributed by atoms with van der Waals surface area (Å²) in [6.45, 7) is 3.78. The number of amides is 1. The highest BCUT2D eigenvalue weighted by molar-refractivity contribution is 7.80. The first-order valence-electron chi connectivity index (χ1n) is 5.40. The maximum Gasteiger partial charge on any atom is 0.253 e. The molecule has 1 rings (SSSR count). The summed E-state index contributed by atoms with van der Waals surface area (Å²) in [6.07, 6.45) is 2.16. The first-order chi connectivity index (χ1) is 7.91. The zero-order chi connectivity index (χ0) is 13.0. The molecule has 5 heteroatoms. The molecule has 1 aromatic heterocycles. The Morgan fingerprint density at radius 1 is 1.65 bits per heavy atom. The standard InChI is InChI=1S/C12H17N3OS/c1-8-6-10(4-5-14-8)12(16)15(3)9(2)7-11(13)17/h4-6,9H,7H2,1-3H3,(H2,13,17). The molecule has 0 aliphatic heterocycles. The van der Waals surface area contributed by atoms with Crippen molar-refractivity contribution in [1.29, 1.82) is 0 Å². The van der Waals surface area contributed by atoms with E-state index in [0.717, 1.165) is 5.69 Å². The van der Waals surface area contributed by atoms with Crippen molar-refractivity contribution in [3.05, 3.63) is 29.6 Å². The normalized spacial score (nSPS) is 11.9. The second-order valence-electron chi connectivity index (χ2n) is 4.12. The average molecular weight is 251 g/mol. The van der Waals surface area contributed by atoms with Crippen molar-refractivity contribution in [1.82, 2.24) is 9.88 Å². The number of thiocarbonyl (C=S) groups is 1. The van der Waals surface area contributed by atoms with Gasteiger partial charge in [0, 0.05) is 37.0 Å². The van der Waals surface area contributed by atoms with E-state index in [9.17, 15) is 4.79 Å². The van der Waals surface area contributed by atoms with Gasteiger partial charge in [-0.15, -0.1) is 0 Å². The molecule has 0 aliphatic rings. The highest BCUT2D eigenvalue weighted by Crippen LogP contribution is 2.09. The minimum absolute atomic E-state index is 0.00604. The molecule has 1 aromatic rings. The summed E-state index contributed by atoms with van der Waals surface area (Å²) in [7, 11) is 1.75. The zero-order valence-electron chi connectivity index (χ0n) is 10.3. The molecule has 0 bridgehead atoms. The molecule has 1 heterocycles. The Morgan fingerprint density at radius 2 is 2.29 bits per heavy atom. The lowest BCUT2D eigenvalue weighted by Gasteiger charge is -2.24. The lowest BCUT2D eigenvalue weighted by Crippen LogP contribution is -2.37. The number of aryl methyl sites for hydroxylation is 1. The van der Waals surface area contributed by atoms with Crippen LogP contribution in [0.2, 0.25) is 0 Å². The van der Waals surface area contributed by atoms with Crippen molar-refractivity contribution in [2.45, 2.75) is 26.3 Å². The Morgan fingerprint density at radius 3 is 2.82 bits per heavy atom. The second kappa shape index (κ2) is 5.72. The predicted octanol–water partition coefficient (Wildman–Crippen LogP) is 1.53. The number of nitrogens with zero attached hydrogens (tertiary/aromatic N) is 2. The van der Waals surface area contributed by atoms with Gasteiger partial charge in [-0.1, -0.05) is 12.2 Å². The van der Waals surface area contributed by atoms with Crippen LogP contribution in [0.3, 0.4) is 0 Å². The van der Waals surface area contributed by atoms with Crippen LogP contribution >= 0.6 is 12.2 Å². The van der Waals surface area contributed by atoms with Gasteiger partial charge in [-0.05, 0) is 26.0 Å². The molecule has 0 saturated carbocycles. The second-order valence-corrected chi connectivity index (χ2v) is 4.65. The van der Waals surface area contributed by atoms with E-state index < -0.39 is 0 Å². The quantitative estimate of drug-likeness (QED) is 0.824. The molecule has 4 nitrogen and oxygen atoms in total. The molecular weight excluding hydrogens is 234 g/mol. The van der Waals surface area contributed by atoms with E-state index >= 15 is 0 Å². The number of aromatic nitrogens is 1. The fourth-order valence-corrected chi connectivity index (χ4v) is 1.75. The van der Waals surface area contributed by atoms with Gasteiger partial charge in [0.15, 0.2) is 0 Å². The predicted molar refractivity (Wildman–Crippen MR) is 71.9 cm³/mol. The van der Waals surface area contributed by atoms with Crippen LogP contribution in [0.4, 0.5) is 0 Å². The number of rotatable bonds is 4. The van der Waals surface area contributed by atoms with Gasteiger partial charge in [0.2, 0.25) is 0 Å². The summed E-state index contributed by atoms with van der Waals surface area (Å²) < 4.78 is 0. The number of hydrogen-bond donors (Lipinski definition) is 1. The van der Waals surface area contributed by atoms with Gasteiger partial charge < -0.3 is 10.6 Å². The summed E-state index contributed by atoms with van der Waals surface area (Å²) >= 11 is 4.84. The van der Waals surface area contributed by atoms with E-state index in [0.29, 0.717) is 17.0 Å². The third kappa shape index (κ3) is 3.78. The Hall–Kier alpha value is -1.49. The minimum Gasteiger partial charge on any atom is -0.393 e. The van der Waals surface area contributed by atoms with Gasteiger partial charge in [-0.2, -0.15) is 0 Å². The molecule has 1 atom stereocenters. The van der Waals surface area contributed by atoms with E-state index in [1.165, 1.54) is 0 Å². The van der Waals surface area contributed by atoms with E-state index in [2.05, 4.69) is 4.98 Å². The van der Waals surface area contributed by atoms with E-state index in [1.807, 2.05) is 13.8 Å². The summed E-state index contributed by atoms with van der Waals surface area (Å²) in [6, 6.07) is 3.47. The van der Waals surface area contributed by atoms with Crippen molar-refractivity contribution in [3.63, 3.8) is 0 Å². The molecule has 0 aromatic carbocycles. The van der Waals surface area contributed by atoms with Crippen LogP contribution in [0, 0.1) is 6.92 Å². The Kier molecular flexibility index (Phi) is 4.57. The lowest BCUT2D eigenvalue weighted by molar-refractivity contribution is 0.0748. The largest absolute Gasteiger partial charge is 0.393 e. The third-order valence-corrected chi connectivity index (χ3v) is 2.79. The highest BCUT2D eigenvalue weighted by atomic mass is 32.1. The van der Waals surface area contributed by atoms with Crippen molar-refractivity contribution in [3.8, 4) is 0 Å². The summed E-state index contributed by atoms with van der Waals surface area (Å²) in [5.41, 5.74) is 6.94. The van der Waals surface area contributed by atoms with E-state index in [-0.39, 0.29) is 11.9 Å². The van der Waals surface area contributed by atoms with Crippen LogP contribution in [-0.4, -0.2) is 33.9 Å². The van der Waals surface area contributed by atoms with Gasteiger partial charge in [0.25, 0.3) is 5.91 Å². The van der Waals surface area contributed by atoms with Gasteiger partial charge in [0.05, 0.1) is 4.99 Å². The van der Waals surface area contributed by atoms with Gasteiger partial charge >= 0.3 is 0 Å². The number of hydrogen-bond acceptors (Lipinski definition) is 3. The topological polar surface area (TPSA) is 59.2 Å². The molecule has 92 valence electrons. The molecule has 1 unspecified atom stereocenters. The average Bonchev–Trinajstić information content (AvgIpc) is 2.26. The SMILES string of the molecule is Cc1cc(C(=O)N(C)C(C)CC(N)=S)ccn1. The molecule has 0 spiro atoms. The molecule has 0 aliphatic carbocycles. The Bertz CT molecular complexity index is 434. The van der Waals surface area contributed by atoms with Crippen molar-refractivity contribution in [2.75, 3.05) is 7.05 Å². The van der Waals surface area contributed by atoms with Crippen molar-refractivity contribution in [2.24, 2.45) is 5.73 Å². The zero-order valence-corrected chi connectivity index (χ0v) is 11.1. The smallest absolute Gasteiger partial charge is 0.253 e. The summed E-state index contributed by atoms with van der Waals surface area (Å²) in [5, 5.41) is 0. The lowest BCUT2D eigenvalue weighted by atomic mass is 10.1. The van der Waals surface area contributed by atoms with Crippen LogP contribution in [0.15, 0.2) is 18.3 Å². The molecule has 0 saturated heterocycles. The summed E-state index contributed by atoms with van der Waals surface area (Å²) in [4.78, 5) is 18.3. The van der Waals surface area contributed by atoms with Crippen LogP contribution < -0.4 is 5.73 Å². The maximum atomic E-state index is 12.1. The maximum absolute atomic E-state index is 12.1. The van der Waals surface area contributed by atoms with Crippen molar-refractivity contribution >= 4 is 23.1 Å².